The van der Waals surface area contributed by atoms with Crippen LogP contribution >= 0.6 is 0 Å². The Morgan fingerprint density at radius 1 is 1.09 bits per heavy atom. The molecule has 68 valence electrons. The molecule has 0 amide bonds. The van der Waals surface area contributed by atoms with Gasteiger partial charge in [0.2, 0.25) is 0 Å². The average molecular weight is 159 g/mol. The summed E-state index contributed by atoms with van der Waals surface area (Å²) in [6.07, 6.45) is 0.831. The largest absolute Gasteiger partial charge is 0.373 e. The molecule has 0 aliphatic carbocycles. The lowest BCUT2D eigenvalue weighted by molar-refractivity contribution is -0.0602. The highest BCUT2D eigenvalue weighted by atomic mass is 16.5. The number of hydrogen-bond donors (Lipinski definition) is 0. The van der Waals surface area contributed by atoms with Crippen molar-refractivity contribution in [1.82, 2.24) is 4.90 Å². The van der Waals surface area contributed by atoms with E-state index < -0.39 is 0 Å². The predicted octanol–water partition coefficient (Wildman–Crippen LogP) is 1.75. The Morgan fingerprint density at radius 2 is 1.45 bits per heavy atom. The minimum atomic E-state index is 0.416. The number of hydrogen-bond acceptors (Lipinski definition) is 2. The Morgan fingerprint density at radius 3 is 1.73 bits per heavy atom. The first-order valence-electron chi connectivity index (χ1n) is 4.52. The number of morpholine rings is 1. The Labute approximate surface area is 70.5 Å². The van der Waals surface area contributed by atoms with Crippen LogP contribution in [0.1, 0.15) is 27.7 Å². The van der Waals surface area contributed by atoms with Gasteiger partial charge in [-0.2, -0.15) is 0 Å². The highest BCUT2D eigenvalue weighted by Gasteiger charge is 2.18. The minimum Gasteiger partial charge on any atom is -0.373 e. The summed E-state index contributed by atoms with van der Waals surface area (Å²) in [5.41, 5.74) is 0. The molecular weight excluding hydrogens is 138 g/mol. The quantitative estimate of drug-likeness (QED) is 0.534. The zero-order chi connectivity index (χ0) is 8.85. The third-order valence-corrected chi connectivity index (χ3v) is 1.60. The van der Waals surface area contributed by atoms with E-state index in [1.165, 1.54) is 0 Å². The fourth-order valence-corrected chi connectivity index (χ4v) is 1.44. The molecule has 0 N–H and O–H groups in total. The van der Waals surface area contributed by atoms with Crippen molar-refractivity contribution in [2.75, 3.05) is 20.1 Å². The third-order valence-electron chi connectivity index (χ3n) is 1.60. The van der Waals surface area contributed by atoms with E-state index in [2.05, 4.69) is 25.8 Å². The van der Waals surface area contributed by atoms with Gasteiger partial charge in [0.15, 0.2) is 0 Å². The minimum absolute atomic E-state index is 0.416. The van der Waals surface area contributed by atoms with Crippen LogP contribution in [0.2, 0.25) is 0 Å². The van der Waals surface area contributed by atoms with Gasteiger partial charge in [-0.15, -0.1) is 0 Å². The van der Waals surface area contributed by atoms with Crippen molar-refractivity contribution in [1.29, 1.82) is 0 Å². The second kappa shape index (κ2) is 5.56. The van der Waals surface area contributed by atoms with Gasteiger partial charge in [-0.05, 0) is 20.9 Å². The summed E-state index contributed by atoms with van der Waals surface area (Å²) < 4.78 is 5.51. The van der Waals surface area contributed by atoms with Crippen molar-refractivity contribution < 1.29 is 4.74 Å². The van der Waals surface area contributed by atoms with Gasteiger partial charge >= 0.3 is 0 Å². The Bertz CT molecular complexity index is 70.5. The van der Waals surface area contributed by atoms with Crippen LogP contribution in [0.15, 0.2) is 0 Å². The van der Waals surface area contributed by atoms with Crippen LogP contribution in [-0.2, 0) is 4.74 Å². The number of ether oxygens (including phenoxy) is 1. The van der Waals surface area contributed by atoms with E-state index in [9.17, 15) is 0 Å². The molecule has 2 atom stereocenters. The van der Waals surface area contributed by atoms with E-state index in [0.717, 1.165) is 13.1 Å². The molecular formula is C9H21NO. The van der Waals surface area contributed by atoms with Crippen molar-refractivity contribution in [3.8, 4) is 0 Å². The highest BCUT2D eigenvalue weighted by molar-refractivity contribution is 4.69. The van der Waals surface area contributed by atoms with Crippen LogP contribution in [0.25, 0.3) is 0 Å². The molecule has 0 saturated carbocycles. The van der Waals surface area contributed by atoms with Gasteiger partial charge in [0.25, 0.3) is 0 Å². The molecule has 2 heteroatoms. The van der Waals surface area contributed by atoms with Gasteiger partial charge in [0, 0.05) is 13.1 Å². The monoisotopic (exact) mass is 159 g/mol. The van der Waals surface area contributed by atoms with Gasteiger partial charge in [0.05, 0.1) is 12.2 Å². The summed E-state index contributed by atoms with van der Waals surface area (Å²) in [4.78, 5) is 2.30. The van der Waals surface area contributed by atoms with Gasteiger partial charge in [0.1, 0.15) is 0 Å². The molecule has 0 bridgehead atoms. The summed E-state index contributed by atoms with van der Waals surface area (Å²) in [5, 5.41) is 0. The molecule has 1 heterocycles. The summed E-state index contributed by atoms with van der Waals surface area (Å²) in [6, 6.07) is 0. The van der Waals surface area contributed by atoms with Crippen molar-refractivity contribution in [3.63, 3.8) is 0 Å². The average Bonchev–Trinajstić information content (AvgIpc) is 1.88. The van der Waals surface area contributed by atoms with Crippen molar-refractivity contribution in [3.05, 3.63) is 0 Å². The molecule has 0 unspecified atom stereocenters. The lowest BCUT2D eigenvalue weighted by atomic mass is 10.2. The lowest BCUT2D eigenvalue weighted by Gasteiger charge is -2.32. The fraction of sp³-hybridized carbons (Fsp3) is 1.00. The maximum absolute atomic E-state index is 5.51. The van der Waals surface area contributed by atoms with Crippen LogP contribution in [0.3, 0.4) is 0 Å². The molecule has 0 aromatic heterocycles. The molecule has 0 aromatic carbocycles. The Hall–Kier alpha value is -0.0800. The first kappa shape index (κ1) is 10.9. The maximum atomic E-state index is 5.51. The lowest BCUT2D eigenvalue weighted by Crippen LogP contribution is -2.42. The molecule has 2 nitrogen and oxygen atoms in total. The molecule has 0 aromatic rings. The smallest absolute Gasteiger partial charge is 0.0678 e. The summed E-state index contributed by atoms with van der Waals surface area (Å²) >= 11 is 0. The van der Waals surface area contributed by atoms with E-state index >= 15 is 0 Å². The number of nitrogens with zero attached hydrogens (tertiary/aromatic N) is 1. The van der Waals surface area contributed by atoms with Crippen LogP contribution in [0.5, 0.6) is 0 Å². The number of likely N-dealkylation sites (N-methyl/N-ethyl adjacent to an activating group) is 1. The van der Waals surface area contributed by atoms with Gasteiger partial charge in [-0.25, -0.2) is 0 Å². The third kappa shape index (κ3) is 4.38. The molecule has 1 rings (SSSR count). The fourth-order valence-electron chi connectivity index (χ4n) is 1.44. The molecule has 1 saturated heterocycles. The van der Waals surface area contributed by atoms with E-state index in [4.69, 9.17) is 4.74 Å². The molecule has 0 spiro atoms. The van der Waals surface area contributed by atoms with Gasteiger partial charge in [-0.1, -0.05) is 13.8 Å². The molecule has 11 heavy (non-hydrogen) atoms. The second-order valence-electron chi connectivity index (χ2n) is 2.98. The first-order valence-corrected chi connectivity index (χ1v) is 4.52. The first-order chi connectivity index (χ1) is 5.18. The summed E-state index contributed by atoms with van der Waals surface area (Å²) in [5.74, 6) is 0. The molecule has 1 fully saturated rings. The highest BCUT2D eigenvalue weighted by Crippen LogP contribution is 2.07. The summed E-state index contributed by atoms with van der Waals surface area (Å²) in [6.45, 7) is 10.4. The predicted molar refractivity (Wildman–Crippen MR) is 48.9 cm³/mol. The van der Waals surface area contributed by atoms with Gasteiger partial charge in [-0.3, -0.25) is 0 Å². The van der Waals surface area contributed by atoms with E-state index in [0.29, 0.717) is 12.2 Å². The zero-order valence-corrected chi connectivity index (χ0v) is 8.42. The van der Waals surface area contributed by atoms with Crippen LogP contribution in [0, 0.1) is 0 Å². The SMILES string of the molecule is CC.C[C@@H]1CN(C)C[C@@H](C)O1. The number of rotatable bonds is 0. The Kier molecular flexibility index (Phi) is 5.51. The van der Waals surface area contributed by atoms with E-state index in [-0.39, 0.29) is 0 Å². The second-order valence-corrected chi connectivity index (χ2v) is 2.98. The van der Waals surface area contributed by atoms with E-state index in [1.54, 1.807) is 0 Å². The standard InChI is InChI=1S/C7H15NO.C2H6/c1-6-4-8(3)5-7(2)9-6;1-2/h6-7H,4-5H2,1-3H3;1-2H3/t6-,7-;/m1./s1. The van der Waals surface area contributed by atoms with Crippen molar-refractivity contribution in [2.45, 2.75) is 39.9 Å². The van der Waals surface area contributed by atoms with Crippen molar-refractivity contribution >= 4 is 0 Å². The topological polar surface area (TPSA) is 12.5 Å². The van der Waals surface area contributed by atoms with E-state index in [1.807, 2.05) is 13.8 Å². The van der Waals surface area contributed by atoms with Crippen LogP contribution in [-0.4, -0.2) is 37.2 Å². The molecule has 0 radical (unpaired) electrons. The Balaban J connectivity index is 0.000000461. The van der Waals surface area contributed by atoms with Crippen molar-refractivity contribution in [2.24, 2.45) is 0 Å². The molecule has 1 aliphatic rings. The van der Waals surface area contributed by atoms with Gasteiger partial charge < -0.3 is 9.64 Å². The summed E-state index contributed by atoms with van der Waals surface area (Å²) in [7, 11) is 2.13. The maximum Gasteiger partial charge on any atom is 0.0678 e. The molecule has 1 aliphatic heterocycles. The normalized spacial score (nSPS) is 32.5. The van der Waals surface area contributed by atoms with Crippen LogP contribution in [0.4, 0.5) is 0 Å². The van der Waals surface area contributed by atoms with Crippen LogP contribution < -0.4 is 0 Å². The zero-order valence-electron chi connectivity index (χ0n) is 8.42.